The monoisotopic (exact) mass is 515 g/mol. The lowest BCUT2D eigenvalue weighted by atomic mass is 10.0. The van der Waals surface area contributed by atoms with Crippen molar-refractivity contribution >= 4 is 41.5 Å². The first kappa shape index (κ1) is 23.7. The Morgan fingerprint density at radius 2 is 2.00 bits per heavy atom. The molecule has 0 saturated carbocycles. The van der Waals surface area contributed by atoms with Gasteiger partial charge in [-0.1, -0.05) is 12.1 Å². The number of likely N-dealkylation sites (tertiary alicyclic amines) is 1. The Labute approximate surface area is 191 Å². The van der Waals surface area contributed by atoms with E-state index < -0.39 is 0 Å². The van der Waals surface area contributed by atoms with Gasteiger partial charge in [-0.25, -0.2) is 0 Å². The number of amides is 1. The van der Waals surface area contributed by atoms with Crippen LogP contribution in [0, 0.1) is 0 Å². The van der Waals surface area contributed by atoms with Crippen LogP contribution < -0.4 is 20.3 Å². The molecule has 0 unspecified atom stereocenters. The molecule has 2 aliphatic rings. The molecule has 162 valence electrons. The molecule has 1 amide bonds. The number of nitrogens with zero attached hydrogens (tertiary/aromatic N) is 3. The Morgan fingerprint density at radius 1 is 1.28 bits per heavy atom. The molecule has 2 heterocycles. The minimum Gasteiger partial charge on any atom is -0.482 e. The van der Waals surface area contributed by atoms with Crippen molar-refractivity contribution in [2.24, 2.45) is 4.99 Å². The van der Waals surface area contributed by atoms with Gasteiger partial charge in [0.05, 0.1) is 5.69 Å². The number of piperidine rings is 1. The smallest absolute Gasteiger partial charge is 0.265 e. The number of guanidine groups is 1. The SMILES string of the molecule is CN=C(NCCCN1C(=O)COc2ccccc21)NC1CCN(C(C)C)CC1.I. The number of carbonyl (C=O) groups is 1. The summed E-state index contributed by atoms with van der Waals surface area (Å²) in [4.78, 5) is 20.9. The van der Waals surface area contributed by atoms with Crippen molar-refractivity contribution in [1.82, 2.24) is 15.5 Å². The molecule has 8 heteroatoms. The first-order valence-electron chi connectivity index (χ1n) is 10.3. The Hall–Kier alpha value is -1.55. The number of anilines is 1. The summed E-state index contributed by atoms with van der Waals surface area (Å²) in [6, 6.07) is 8.78. The van der Waals surface area contributed by atoms with E-state index in [1.54, 1.807) is 7.05 Å². The number of carbonyl (C=O) groups excluding carboxylic acids is 1. The van der Waals surface area contributed by atoms with E-state index in [-0.39, 0.29) is 36.5 Å². The van der Waals surface area contributed by atoms with Gasteiger partial charge >= 0.3 is 0 Å². The average molecular weight is 515 g/mol. The molecule has 0 bridgehead atoms. The highest BCUT2D eigenvalue weighted by molar-refractivity contribution is 14.0. The summed E-state index contributed by atoms with van der Waals surface area (Å²) in [5.74, 6) is 1.63. The van der Waals surface area contributed by atoms with Crippen LogP contribution in [-0.4, -0.2) is 68.7 Å². The van der Waals surface area contributed by atoms with E-state index >= 15 is 0 Å². The lowest BCUT2D eigenvalue weighted by molar-refractivity contribution is -0.121. The van der Waals surface area contributed by atoms with Crippen molar-refractivity contribution in [3.05, 3.63) is 24.3 Å². The summed E-state index contributed by atoms with van der Waals surface area (Å²) in [6.07, 6.45) is 3.11. The van der Waals surface area contributed by atoms with E-state index in [4.69, 9.17) is 4.74 Å². The van der Waals surface area contributed by atoms with Crippen LogP contribution in [-0.2, 0) is 4.79 Å². The van der Waals surface area contributed by atoms with Gasteiger partial charge in [0.25, 0.3) is 5.91 Å². The molecular formula is C21H34IN5O2. The van der Waals surface area contributed by atoms with E-state index in [9.17, 15) is 4.79 Å². The van der Waals surface area contributed by atoms with Crippen LogP contribution in [0.15, 0.2) is 29.3 Å². The zero-order chi connectivity index (χ0) is 19.9. The number of nitrogens with one attached hydrogen (secondary N) is 2. The molecule has 0 atom stereocenters. The van der Waals surface area contributed by atoms with Crippen LogP contribution in [0.4, 0.5) is 5.69 Å². The maximum absolute atomic E-state index is 12.2. The van der Waals surface area contributed by atoms with E-state index in [0.29, 0.717) is 18.6 Å². The molecule has 29 heavy (non-hydrogen) atoms. The fraction of sp³-hybridized carbons (Fsp3) is 0.619. The van der Waals surface area contributed by atoms with Gasteiger partial charge in [0, 0.05) is 45.3 Å². The highest BCUT2D eigenvalue weighted by Gasteiger charge is 2.24. The summed E-state index contributed by atoms with van der Waals surface area (Å²) in [6.45, 7) is 8.31. The standard InChI is InChI=1S/C21H33N5O2.HI/c1-16(2)25-13-9-17(10-14-25)24-21(22-3)23-11-6-12-26-18-7-4-5-8-19(18)28-15-20(26)27;/h4-5,7-8,16-17H,6,9-15H2,1-3H3,(H2,22,23,24);1H. The number of fused-ring (bicyclic) bond motifs is 1. The van der Waals surface area contributed by atoms with Gasteiger partial charge in [0.1, 0.15) is 5.75 Å². The van der Waals surface area contributed by atoms with Crippen molar-refractivity contribution in [1.29, 1.82) is 0 Å². The summed E-state index contributed by atoms with van der Waals surface area (Å²) in [5.41, 5.74) is 0.859. The Kier molecular flexibility index (Phi) is 9.48. The molecule has 2 aliphatic heterocycles. The van der Waals surface area contributed by atoms with Crippen LogP contribution in [0.5, 0.6) is 5.75 Å². The van der Waals surface area contributed by atoms with Gasteiger partial charge in [-0.3, -0.25) is 9.79 Å². The number of rotatable bonds is 6. The van der Waals surface area contributed by atoms with Crippen molar-refractivity contribution in [2.75, 3.05) is 44.7 Å². The number of halogens is 1. The predicted molar refractivity (Wildman–Crippen MR) is 129 cm³/mol. The predicted octanol–water partition coefficient (Wildman–Crippen LogP) is 2.46. The van der Waals surface area contributed by atoms with E-state index in [0.717, 1.165) is 56.3 Å². The van der Waals surface area contributed by atoms with Gasteiger partial charge in [0.2, 0.25) is 0 Å². The highest BCUT2D eigenvalue weighted by Crippen LogP contribution is 2.31. The van der Waals surface area contributed by atoms with Crippen molar-refractivity contribution in [3.63, 3.8) is 0 Å². The number of ether oxygens (including phenoxy) is 1. The van der Waals surface area contributed by atoms with Crippen molar-refractivity contribution in [2.45, 2.75) is 45.2 Å². The number of benzene rings is 1. The lowest BCUT2D eigenvalue weighted by Gasteiger charge is -2.35. The van der Waals surface area contributed by atoms with Crippen molar-refractivity contribution < 1.29 is 9.53 Å². The summed E-state index contributed by atoms with van der Waals surface area (Å²) < 4.78 is 5.50. The minimum absolute atomic E-state index is 0. The van der Waals surface area contributed by atoms with Crippen molar-refractivity contribution in [3.8, 4) is 5.75 Å². The Morgan fingerprint density at radius 3 is 2.69 bits per heavy atom. The van der Waals surface area contributed by atoms with Crippen LogP contribution in [0.3, 0.4) is 0 Å². The summed E-state index contributed by atoms with van der Waals surface area (Å²) in [5, 5.41) is 6.92. The second kappa shape index (κ2) is 11.6. The largest absolute Gasteiger partial charge is 0.482 e. The zero-order valence-corrected chi connectivity index (χ0v) is 20.0. The number of para-hydroxylation sites is 2. The van der Waals surface area contributed by atoms with Crippen LogP contribution >= 0.6 is 24.0 Å². The first-order valence-corrected chi connectivity index (χ1v) is 10.3. The summed E-state index contributed by atoms with van der Waals surface area (Å²) >= 11 is 0. The van der Waals surface area contributed by atoms with E-state index in [1.807, 2.05) is 29.2 Å². The second-order valence-electron chi connectivity index (χ2n) is 7.70. The molecule has 0 aromatic heterocycles. The highest BCUT2D eigenvalue weighted by atomic mass is 127. The third-order valence-corrected chi connectivity index (χ3v) is 5.48. The molecule has 1 aromatic rings. The minimum atomic E-state index is 0. The molecule has 1 saturated heterocycles. The maximum atomic E-state index is 12.2. The second-order valence-corrected chi connectivity index (χ2v) is 7.70. The molecule has 1 aromatic carbocycles. The van der Waals surface area contributed by atoms with Gasteiger partial charge < -0.3 is 25.2 Å². The summed E-state index contributed by atoms with van der Waals surface area (Å²) in [7, 11) is 1.81. The van der Waals surface area contributed by atoms with Crippen LogP contribution in [0.25, 0.3) is 0 Å². The lowest BCUT2D eigenvalue weighted by Crippen LogP contribution is -2.50. The van der Waals surface area contributed by atoms with Crippen LogP contribution in [0.2, 0.25) is 0 Å². The molecule has 0 spiro atoms. The third-order valence-electron chi connectivity index (χ3n) is 5.48. The third kappa shape index (κ3) is 6.47. The van der Waals surface area contributed by atoms with E-state index in [2.05, 4.69) is 34.4 Å². The fourth-order valence-corrected chi connectivity index (χ4v) is 3.79. The average Bonchev–Trinajstić information content (AvgIpc) is 2.71. The zero-order valence-electron chi connectivity index (χ0n) is 17.7. The molecule has 0 aliphatic carbocycles. The van der Waals surface area contributed by atoms with E-state index in [1.165, 1.54) is 0 Å². The number of hydrogen-bond acceptors (Lipinski definition) is 4. The molecule has 3 rings (SSSR count). The van der Waals surface area contributed by atoms with Gasteiger partial charge in [-0.05, 0) is 45.2 Å². The van der Waals surface area contributed by atoms with Gasteiger partial charge in [-0.2, -0.15) is 0 Å². The molecule has 2 N–H and O–H groups in total. The molecule has 1 fully saturated rings. The van der Waals surface area contributed by atoms with Gasteiger partial charge in [0.15, 0.2) is 12.6 Å². The number of aliphatic imine (C=N–C) groups is 1. The normalized spacial score (nSPS) is 18.1. The molecular weight excluding hydrogens is 481 g/mol. The van der Waals surface area contributed by atoms with Gasteiger partial charge in [-0.15, -0.1) is 24.0 Å². The number of hydrogen-bond donors (Lipinski definition) is 2. The maximum Gasteiger partial charge on any atom is 0.265 e. The Balaban J connectivity index is 0.00000300. The van der Waals surface area contributed by atoms with Crippen LogP contribution in [0.1, 0.15) is 33.1 Å². The topological polar surface area (TPSA) is 69.2 Å². The Bertz CT molecular complexity index is 689. The first-order chi connectivity index (χ1) is 13.6. The quantitative estimate of drug-likeness (QED) is 0.264. The fourth-order valence-electron chi connectivity index (χ4n) is 3.79. The molecule has 7 nitrogen and oxygen atoms in total. The molecule has 0 radical (unpaired) electrons.